The van der Waals surface area contributed by atoms with Crippen molar-refractivity contribution >= 4 is 22.1 Å². The molecule has 2 rings (SSSR count). The van der Waals surface area contributed by atoms with E-state index in [1.165, 1.54) is 116 Å². The average molecular weight is 787 g/mol. The molecule has 0 aromatic heterocycles. The molecule has 0 aliphatic rings. The molecular formula is C49H78O4Si2. The molecule has 306 valence electrons. The Labute approximate surface area is 340 Å². The van der Waals surface area contributed by atoms with Crippen LogP contribution in [0.25, 0.3) is 0 Å². The number of benzene rings is 2. The minimum atomic E-state index is -1.62. The third-order valence-corrected chi connectivity index (χ3v) is 12.3. The molecule has 0 aliphatic carbocycles. The minimum absolute atomic E-state index is 0.278. The molecule has 0 aliphatic heterocycles. The smallest absolute Gasteiger partial charge is 0.338 e. The second-order valence-electron chi connectivity index (χ2n) is 17.7. The summed E-state index contributed by atoms with van der Waals surface area (Å²) in [5.74, 6) is 11.5. The van der Waals surface area contributed by atoms with Gasteiger partial charge in [0, 0.05) is 25.8 Å². The second kappa shape index (κ2) is 28.5. The van der Waals surface area contributed by atoms with E-state index in [0.717, 1.165) is 47.1 Å². The quantitative estimate of drug-likeness (QED) is 0.0373. The summed E-state index contributed by atoms with van der Waals surface area (Å²) in [5, 5.41) is 0. The Morgan fingerprint density at radius 2 is 0.945 bits per heavy atom. The van der Waals surface area contributed by atoms with Gasteiger partial charge in [-0.15, -0.1) is 5.54 Å². The molecule has 0 N–H and O–H groups in total. The van der Waals surface area contributed by atoms with E-state index in [1.807, 2.05) is 18.2 Å². The Morgan fingerprint density at radius 1 is 0.527 bits per heavy atom. The van der Waals surface area contributed by atoms with Crippen molar-refractivity contribution < 1.29 is 19.0 Å². The van der Waals surface area contributed by atoms with Crippen LogP contribution in [0.1, 0.15) is 169 Å². The van der Waals surface area contributed by atoms with E-state index < -0.39 is 16.1 Å². The van der Waals surface area contributed by atoms with E-state index in [1.54, 1.807) is 12.1 Å². The van der Waals surface area contributed by atoms with Crippen molar-refractivity contribution in [1.82, 2.24) is 0 Å². The normalized spacial score (nSPS) is 11.3. The van der Waals surface area contributed by atoms with E-state index in [9.17, 15) is 4.79 Å². The largest absolute Gasteiger partial charge is 0.492 e. The van der Waals surface area contributed by atoms with E-state index in [4.69, 9.17) is 14.2 Å². The monoisotopic (exact) mass is 787 g/mol. The lowest BCUT2D eigenvalue weighted by molar-refractivity contribution is 0.0525. The lowest BCUT2D eigenvalue weighted by atomic mass is 10.1. The maximum absolute atomic E-state index is 12.6. The van der Waals surface area contributed by atoms with Crippen molar-refractivity contribution in [2.75, 3.05) is 19.8 Å². The Balaban J connectivity index is 2.17. The number of rotatable bonds is 28. The predicted octanol–water partition coefficient (Wildman–Crippen LogP) is 14.4. The number of unbranched alkanes of at least 4 members (excludes halogenated alkanes) is 18. The van der Waals surface area contributed by atoms with Gasteiger partial charge in [0.25, 0.3) is 0 Å². The highest BCUT2D eigenvalue weighted by Gasteiger charge is 2.15. The average Bonchev–Trinajstić information content (AvgIpc) is 3.14. The van der Waals surface area contributed by atoms with Crippen LogP contribution < -0.4 is 9.47 Å². The van der Waals surface area contributed by atoms with E-state index >= 15 is 0 Å². The first-order valence-electron chi connectivity index (χ1n) is 22.2. The van der Waals surface area contributed by atoms with E-state index in [2.05, 4.69) is 82.5 Å². The molecular weight excluding hydrogens is 709 g/mol. The maximum Gasteiger partial charge on any atom is 0.338 e. The van der Waals surface area contributed by atoms with Gasteiger partial charge in [-0.25, -0.2) is 4.79 Å². The fourth-order valence-electron chi connectivity index (χ4n) is 6.15. The molecule has 0 spiro atoms. The molecule has 2 aromatic carbocycles. The molecule has 2 aromatic rings. The minimum Gasteiger partial charge on any atom is -0.492 e. The van der Waals surface area contributed by atoms with Crippen LogP contribution in [0.4, 0.5) is 0 Å². The topological polar surface area (TPSA) is 44.8 Å². The van der Waals surface area contributed by atoms with Crippen LogP contribution in [0, 0.1) is 23.3 Å². The number of carbonyl (C=O) groups excluding carboxylic acids is 1. The summed E-state index contributed by atoms with van der Waals surface area (Å²) in [6.45, 7) is 20.0. The van der Waals surface area contributed by atoms with Crippen molar-refractivity contribution in [2.24, 2.45) is 0 Å². The Hall–Kier alpha value is -2.94. The fourth-order valence-corrected chi connectivity index (χ4v) is 7.38. The molecule has 0 fully saturated rings. The zero-order chi connectivity index (χ0) is 40.2. The second-order valence-corrected chi connectivity index (χ2v) is 28.1. The van der Waals surface area contributed by atoms with Crippen molar-refractivity contribution in [3.05, 3.63) is 58.7 Å². The Morgan fingerprint density at radius 3 is 1.36 bits per heavy atom. The Kier molecular flexibility index (Phi) is 24.9. The highest BCUT2D eigenvalue weighted by atomic mass is 28.3. The van der Waals surface area contributed by atoms with Gasteiger partial charge in [-0.05, 0) is 43.2 Å². The van der Waals surface area contributed by atoms with E-state index in [-0.39, 0.29) is 5.97 Å². The lowest BCUT2D eigenvalue weighted by Gasteiger charge is -2.15. The third kappa shape index (κ3) is 24.3. The zero-order valence-corrected chi connectivity index (χ0v) is 38.6. The van der Waals surface area contributed by atoms with Gasteiger partial charge in [-0.3, -0.25) is 0 Å². The first kappa shape index (κ1) is 48.2. The summed E-state index contributed by atoms with van der Waals surface area (Å²) >= 11 is 0. The molecule has 0 bridgehead atoms. The predicted molar refractivity (Wildman–Crippen MR) is 242 cm³/mol. The number of hydrogen-bond donors (Lipinski definition) is 0. The molecule has 6 heteroatoms. The number of carbonyl (C=O) groups is 1. The molecule has 0 unspecified atom stereocenters. The van der Waals surface area contributed by atoms with Gasteiger partial charge in [0.05, 0.1) is 36.5 Å². The van der Waals surface area contributed by atoms with Gasteiger partial charge in [0.2, 0.25) is 0 Å². The van der Waals surface area contributed by atoms with Crippen molar-refractivity contribution in [3.8, 4) is 34.8 Å². The fraction of sp³-hybridized carbons (Fsp3) is 0.653. The van der Waals surface area contributed by atoms with E-state index in [0.29, 0.717) is 25.4 Å². The van der Waals surface area contributed by atoms with Gasteiger partial charge in [0.1, 0.15) is 19.6 Å². The number of ether oxygens (including phenoxy) is 3. The SMILES string of the molecule is CCCCCCCCCCCCOc1cc(C#C[Si](C)(C)C)c(OCCCCCCCCCCCC)cc1C#Cc1ccc(C(=O)OCC[Si](C)(C)C)cc1. The number of esters is 1. The summed E-state index contributed by atoms with van der Waals surface area (Å²) < 4.78 is 18.5. The van der Waals surface area contributed by atoms with Crippen molar-refractivity contribution in [1.29, 1.82) is 0 Å². The lowest BCUT2D eigenvalue weighted by Crippen LogP contribution is -2.22. The van der Waals surface area contributed by atoms with Gasteiger partial charge >= 0.3 is 5.97 Å². The molecule has 55 heavy (non-hydrogen) atoms. The molecule has 0 radical (unpaired) electrons. The first-order chi connectivity index (χ1) is 26.4. The van der Waals surface area contributed by atoms with Crippen LogP contribution in [-0.2, 0) is 4.74 Å². The van der Waals surface area contributed by atoms with Crippen LogP contribution in [-0.4, -0.2) is 41.9 Å². The number of hydrogen-bond acceptors (Lipinski definition) is 4. The molecule has 0 atom stereocenters. The van der Waals surface area contributed by atoms with Crippen molar-refractivity contribution in [2.45, 2.75) is 188 Å². The zero-order valence-electron chi connectivity index (χ0n) is 36.6. The summed E-state index contributed by atoms with van der Waals surface area (Å²) in [6.07, 6.45) is 25.8. The summed E-state index contributed by atoms with van der Waals surface area (Å²) in [4.78, 5) is 12.6. The highest BCUT2D eigenvalue weighted by Crippen LogP contribution is 2.30. The Bertz CT molecular complexity index is 1460. The molecule has 0 amide bonds. The molecule has 0 saturated carbocycles. The van der Waals surface area contributed by atoms with Gasteiger partial charge in [-0.2, -0.15) is 0 Å². The van der Waals surface area contributed by atoms with Gasteiger partial charge in [0.15, 0.2) is 0 Å². The molecule has 0 saturated heterocycles. The van der Waals surface area contributed by atoms with Crippen molar-refractivity contribution in [3.63, 3.8) is 0 Å². The summed E-state index contributed by atoms with van der Waals surface area (Å²) in [5.41, 5.74) is 6.62. The van der Waals surface area contributed by atoms with Gasteiger partial charge in [-0.1, -0.05) is 186 Å². The van der Waals surface area contributed by atoms with Crippen LogP contribution in [0.2, 0.25) is 45.3 Å². The van der Waals surface area contributed by atoms with Crippen LogP contribution >= 0.6 is 0 Å². The summed E-state index contributed by atoms with van der Waals surface area (Å²) in [6, 6.07) is 12.4. The third-order valence-electron chi connectivity index (χ3n) is 9.71. The van der Waals surface area contributed by atoms with Crippen LogP contribution in [0.3, 0.4) is 0 Å². The van der Waals surface area contributed by atoms with Crippen LogP contribution in [0.5, 0.6) is 11.5 Å². The van der Waals surface area contributed by atoms with Crippen LogP contribution in [0.15, 0.2) is 36.4 Å². The van der Waals surface area contributed by atoms with Gasteiger partial charge < -0.3 is 14.2 Å². The standard InChI is InChI=1S/C49H78O4Si2/c1-9-11-13-15-17-19-21-23-25-27-36-51-47-42-46(35-39-54(3,4)5)48(52-37-28-26-24-22-20-18-16-14-12-10-2)41-45(47)34-31-43-29-32-44(33-30-43)49(50)53-38-40-55(6,7)8/h29-30,32-33,41-42H,9-28,36-38,40H2,1-8H3. The summed E-state index contributed by atoms with van der Waals surface area (Å²) in [7, 11) is -2.89. The molecule has 0 heterocycles. The highest BCUT2D eigenvalue weighted by molar-refractivity contribution is 6.83. The first-order valence-corrected chi connectivity index (χ1v) is 29.4. The maximum atomic E-state index is 12.6. The molecule has 4 nitrogen and oxygen atoms in total.